The zero-order valence-corrected chi connectivity index (χ0v) is 9.27. The number of hydrogen-bond donors (Lipinski definition) is 1. The van der Waals surface area contributed by atoms with Crippen molar-refractivity contribution in [2.45, 2.75) is 20.0 Å². The van der Waals surface area contributed by atoms with Gasteiger partial charge in [-0.05, 0) is 18.6 Å². The lowest BCUT2D eigenvalue weighted by molar-refractivity contribution is 0.281. The number of rotatable bonds is 1. The van der Waals surface area contributed by atoms with E-state index in [9.17, 15) is 0 Å². The van der Waals surface area contributed by atoms with Crippen LogP contribution in [0.15, 0.2) is 18.2 Å². The molecule has 1 heterocycles. The van der Waals surface area contributed by atoms with Crippen LogP contribution < -0.4 is 0 Å². The number of thiazole rings is 1. The second-order valence-corrected chi connectivity index (χ2v) is 5.04. The standard InChI is InChI=1S/C12H11NOS/c1-7-2-3-8-5-10-12(9(8)4-7)13-11(6-14)15-10/h2-4,14H,5-6H2,1H3. The first-order chi connectivity index (χ1) is 7.28. The van der Waals surface area contributed by atoms with Gasteiger partial charge in [-0.1, -0.05) is 17.7 Å². The summed E-state index contributed by atoms with van der Waals surface area (Å²) >= 11 is 1.62. The molecule has 1 aromatic heterocycles. The molecule has 0 amide bonds. The molecule has 1 aliphatic rings. The molecule has 0 fully saturated rings. The van der Waals surface area contributed by atoms with Gasteiger partial charge in [0.15, 0.2) is 0 Å². The Morgan fingerprint density at radius 1 is 1.47 bits per heavy atom. The highest BCUT2D eigenvalue weighted by molar-refractivity contribution is 7.12. The normalized spacial score (nSPS) is 12.7. The van der Waals surface area contributed by atoms with E-state index in [-0.39, 0.29) is 6.61 Å². The van der Waals surface area contributed by atoms with E-state index in [1.165, 1.54) is 21.6 Å². The van der Waals surface area contributed by atoms with Gasteiger partial charge in [-0.3, -0.25) is 0 Å². The minimum Gasteiger partial charge on any atom is -0.389 e. The molecule has 0 saturated heterocycles. The number of aliphatic hydroxyl groups is 1. The van der Waals surface area contributed by atoms with Gasteiger partial charge in [0.05, 0.1) is 12.3 Å². The van der Waals surface area contributed by atoms with Crippen molar-refractivity contribution in [2.24, 2.45) is 0 Å². The van der Waals surface area contributed by atoms with E-state index >= 15 is 0 Å². The maximum absolute atomic E-state index is 9.05. The lowest BCUT2D eigenvalue weighted by atomic mass is 10.1. The predicted octanol–water partition coefficient (Wildman–Crippen LogP) is 2.52. The Morgan fingerprint density at radius 3 is 3.13 bits per heavy atom. The number of aliphatic hydroxyl groups excluding tert-OH is 1. The van der Waals surface area contributed by atoms with Gasteiger partial charge >= 0.3 is 0 Å². The SMILES string of the molecule is Cc1ccc2c(c1)-c1nc(CO)sc1C2. The largest absolute Gasteiger partial charge is 0.389 e. The van der Waals surface area contributed by atoms with Crippen LogP contribution in [0.25, 0.3) is 11.3 Å². The first-order valence-corrected chi connectivity index (χ1v) is 5.79. The van der Waals surface area contributed by atoms with Crippen molar-refractivity contribution in [2.75, 3.05) is 0 Å². The van der Waals surface area contributed by atoms with E-state index in [2.05, 4.69) is 30.1 Å². The number of fused-ring (bicyclic) bond motifs is 3. The highest BCUT2D eigenvalue weighted by Crippen LogP contribution is 2.39. The van der Waals surface area contributed by atoms with Gasteiger partial charge in [0, 0.05) is 16.9 Å². The van der Waals surface area contributed by atoms with Gasteiger partial charge in [-0.2, -0.15) is 0 Å². The van der Waals surface area contributed by atoms with Gasteiger partial charge < -0.3 is 5.11 Å². The van der Waals surface area contributed by atoms with Crippen molar-refractivity contribution in [1.29, 1.82) is 0 Å². The molecule has 3 rings (SSSR count). The average Bonchev–Trinajstić information content (AvgIpc) is 2.75. The van der Waals surface area contributed by atoms with Gasteiger partial charge in [-0.15, -0.1) is 11.3 Å². The monoisotopic (exact) mass is 217 g/mol. The average molecular weight is 217 g/mol. The highest BCUT2D eigenvalue weighted by atomic mass is 32.1. The lowest BCUT2D eigenvalue weighted by Crippen LogP contribution is -1.85. The lowest BCUT2D eigenvalue weighted by Gasteiger charge is -2.00. The topological polar surface area (TPSA) is 33.1 Å². The van der Waals surface area contributed by atoms with Crippen LogP contribution in [0.1, 0.15) is 21.0 Å². The number of hydrogen-bond acceptors (Lipinski definition) is 3. The van der Waals surface area contributed by atoms with Gasteiger partial charge in [0.2, 0.25) is 0 Å². The fourth-order valence-corrected chi connectivity index (χ4v) is 3.00. The fraction of sp³-hybridized carbons (Fsp3) is 0.250. The van der Waals surface area contributed by atoms with Gasteiger partial charge in [0.1, 0.15) is 5.01 Å². The predicted molar refractivity (Wildman–Crippen MR) is 61.0 cm³/mol. The molecular formula is C12H11NOS. The molecule has 15 heavy (non-hydrogen) atoms. The van der Waals surface area contributed by atoms with Crippen molar-refractivity contribution in [3.05, 3.63) is 39.2 Å². The molecule has 2 aromatic rings. The smallest absolute Gasteiger partial charge is 0.119 e. The van der Waals surface area contributed by atoms with Gasteiger partial charge in [0.25, 0.3) is 0 Å². The Bertz CT molecular complexity index is 530. The molecule has 76 valence electrons. The zero-order valence-electron chi connectivity index (χ0n) is 8.45. The third-order valence-corrected chi connectivity index (χ3v) is 3.79. The summed E-state index contributed by atoms with van der Waals surface area (Å²) < 4.78 is 0. The summed E-state index contributed by atoms with van der Waals surface area (Å²) in [6.45, 7) is 2.15. The molecule has 1 aliphatic carbocycles. The maximum atomic E-state index is 9.05. The third-order valence-electron chi connectivity index (χ3n) is 2.75. The Labute approximate surface area is 92.2 Å². The quantitative estimate of drug-likeness (QED) is 0.679. The summed E-state index contributed by atoms with van der Waals surface area (Å²) in [4.78, 5) is 5.75. The van der Waals surface area contributed by atoms with E-state index in [0.29, 0.717) is 0 Å². The number of aryl methyl sites for hydroxylation is 1. The summed E-state index contributed by atoms with van der Waals surface area (Å²) in [5, 5.41) is 9.87. The Morgan fingerprint density at radius 2 is 2.33 bits per heavy atom. The van der Waals surface area contributed by atoms with E-state index in [0.717, 1.165) is 17.1 Å². The maximum Gasteiger partial charge on any atom is 0.119 e. The Hall–Kier alpha value is -1.19. The second kappa shape index (κ2) is 3.15. The van der Waals surface area contributed by atoms with Crippen LogP contribution in [0.5, 0.6) is 0 Å². The van der Waals surface area contributed by atoms with Crippen LogP contribution >= 0.6 is 11.3 Å². The van der Waals surface area contributed by atoms with Crippen LogP contribution in [-0.2, 0) is 13.0 Å². The van der Waals surface area contributed by atoms with Crippen molar-refractivity contribution < 1.29 is 5.11 Å². The van der Waals surface area contributed by atoms with Crippen LogP contribution in [0.3, 0.4) is 0 Å². The zero-order chi connectivity index (χ0) is 10.4. The first kappa shape index (κ1) is 9.07. The molecule has 0 spiro atoms. The molecule has 1 N–H and O–H groups in total. The van der Waals surface area contributed by atoms with Crippen LogP contribution in [-0.4, -0.2) is 10.1 Å². The summed E-state index contributed by atoms with van der Waals surface area (Å²) in [7, 11) is 0. The molecule has 1 aromatic carbocycles. The third kappa shape index (κ3) is 1.31. The Balaban J connectivity index is 2.19. The number of nitrogens with zero attached hydrogens (tertiary/aromatic N) is 1. The van der Waals surface area contributed by atoms with Crippen LogP contribution in [0.2, 0.25) is 0 Å². The molecule has 0 bridgehead atoms. The molecule has 0 unspecified atom stereocenters. The summed E-state index contributed by atoms with van der Waals surface area (Å²) in [5.41, 5.74) is 4.96. The van der Waals surface area contributed by atoms with Crippen molar-refractivity contribution in [1.82, 2.24) is 4.98 Å². The molecule has 2 nitrogen and oxygen atoms in total. The highest BCUT2D eigenvalue weighted by Gasteiger charge is 2.22. The minimum absolute atomic E-state index is 0.0544. The number of aromatic nitrogens is 1. The minimum atomic E-state index is 0.0544. The molecule has 0 radical (unpaired) electrons. The van der Waals surface area contributed by atoms with Crippen molar-refractivity contribution in [3.63, 3.8) is 0 Å². The Kier molecular flexibility index (Phi) is 1.90. The summed E-state index contributed by atoms with van der Waals surface area (Å²) in [6.07, 6.45) is 0.975. The molecular weight excluding hydrogens is 206 g/mol. The molecule has 0 aliphatic heterocycles. The summed E-state index contributed by atoms with van der Waals surface area (Å²) in [5.74, 6) is 0. The van der Waals surface area contributed by atoms with Crippen molar-refractivity contribution in [3.8, 4) is 11.3 Å². The number of benzene rings is 1. The fourth-order valence-electron chi connectivity index (χ4n) is 2.04. The van der Waals surface area contributed by atoms with E-state index in [4.69, 9.17) is 5.11 Å². The van der Waals surface area contributed by atoms with Gasteiger partial charge in [-0.25, -0.2) is 4.98 Å². The van der Waals surface area contributed by atoms with Crippen LogP contribution in [0, 0.1) is 6.92 Å². The van der Waals surface area contributed by atoms with E-state index in [1.54, 1.807) is 11.3 Å². The molecule has 3 heteroatoms. The van der Waals surface area contributed by atoms with E-state index in [1.807, 2.05) is 0 Å². The van der Waals surface area contributed by atoms with Crippen molar-refractivity contribution >= 4 is 11.3 Å². The molecule has 0 saturated carbocycles. The second-order valence-electron chi connectivity index (χ2n) is 3.87. The first-order valence-electron chi connectivity index (χ1n) is 4.97. The van der Waals surface area contributed by atoms with Crippen LogP contribution in [0.4, 0.5) is 0 Å². The molecule has 0 atom stereocenters. The van der Waals surface area contributed by atoms with E-state index < -0.39 is 0 Å². The summed E-state index contributed by atoms with van der Waals surface area (Å²) in [6, 6.07) is 6.50.